The SMILES string of the molecule is CN1c2ccccc2N(S(=O)(=O)F)C1c1ccc(C(F)(F)F)cc1. The van der Waals surface area contributed by atoms with Crippen LogP contribution in [-0.2, 0) is 16.6 Å². The van der Waals surface area contributed by atoms with Crippen molar-refractivity contribution in [2.45, 2.75) is 12.3 Å². The minimum absolute atomic E-state index is 0.132. The number of para-hydroxylation sites is 2. The topological polar surface area (TPSA) is 40.6 Å². The van der Waals surface area contributed by atoms with Crippen LogP contribution in [-0.4, -0.2) is 15.5 Å². The third-order valence-electron chi connectivity index (χ3n) is 3.86. The third kappa shape index (κ3) is 2.68. The van der Waals surface area contributed by atoms with Crippen molar-refractivity contribution < 1.29 is 25.5 Å². The van der Waals surface area contributed by atoms with Crippen LogP contribution in [0.15, 0.2) is 48.5 Å². The Balaban J connectivity index is 2.10. The minimum Gasteiger partial charge on any atom is -0.348 e. The molecular formula is C15H12F4N2O2S. The molecule has 1 aliphatic rings. The molecule has 1 unspecified atom stereocenters. The van der Waals surface area contributed by atoms with Crippen molar-refractivity contribution in [2.75, 3.05) is 16.3 Å². The zero-order valence-corrected chi connectivity index (χ0v) is 13.1. The van der Waals surface area contributed by atoms with Crippen molar-refractivity contribution >= 4 is 21.8 Å². The molecular weight excluding hydrogens is 348 g/mol. The monoisotopic (exact) mass is 360 g/mol. The van der Waals surface area contributed by atoms with Gasteiger partial charge in [-0.25, -0.2) is 4.31 Å². The molecule has 0 spiro atoms. The number of rotatable bonds is 2. The molecule has 0 fully saturated rings. The minimum atomic E-state index is -5.12. The molecule has 2 aromatic carbocycles. The number of halogens is 4. The highest BCUT2D eigenvalue weighted by Gasteiger charge is 2.42. The quantitative estimate of drug-likeness (QED) is 0.603. The molecule has 0 N–H and O–H groups in total. The highest BCUT2D eigenvalue weighted by Crippen LogP contribution is 2.47. The van der Waals surface area contributed by atoms with Gasteiger partial charge in [0.1, 0.15) is 6.17 Å². The van der Waals surface area contributed by atoms with Crippen molar-refractivity contribution in [1.82, 2.24) is 0 Å². The lowest BCUT2D eigenvalue weighted by molar-refractivity contribution is -0.137. The lowest BCUT2D eigenvalue weighted by atomic mass is 10.1. The second-order valence-electron chi connectivity index (χ2n) is 5.33. The van der Waals surface area contributed by atoms with Gasteiger partial charge in [-0.3, -0.25) is 0 Å². The summed E-state index contributed by atoms with van der Waals surface area (Å²) in [5.74, 6) is 0. The zero-order valence-electron chi connectivity index (χ0n) is 12.3. The molecule has 9 heteroatoms. The summed E-state index contributed by atoms with van der Waals surface area (Å²) in [5, 5.41) is 0. The summed E-state index contributed by atoms with van der Waals surface area (Å²) >= 11 is 0. The highest BCUT2D eigenvalue weighted by molar-refractivity contribution is 7.87. The Hall–Kier alpha value is -2.29. The summed E-state index contributed by atoms with van der Waals surface area (Å²) in [6.07, 6.45) is -5.60. The van der Waals surface area contributed by atoms with E-state index >= 15 is 0 Å². The summed E-state index contributed by atoms with van der Waals surface area (Å²) in [7, 11) is -3.57. The molecule has 0 bridgehead atoms. The van der Waals surface area contributed by atoms with Gasteiger partial charge in [0.25, 0.3) is 0 Å². The van der Waals surface area contributed by atoms with Crippen LogP contribution in [0.25, 0.3) is 0 Å². The van der Waals surface area contributed by atoms with E-state index in [0.717, 1.165) is 24.3 Å². The average Bonchev–Trinajstić information content (AvgIpc) is 2.80. The number of alkyl halides is 3. The molecule has 1 aliphatic heterocycles. The van der Waals surface area contributed by atoms with Gasteiger partial charge in [0.15, 0.2) is 0 Å². The predicted molar refractivity (Wildman–Crippen MR) is 81.5 cm³/mol. The van der Waals surface area contributed by atoms with E-state index in [9.17, 15) is 25.5 Å². The van der Waals surface area contributed by atoms with Crippen LogP contribution in [0.1, 0.15) is 17.3 Å². The van der Waals surface area contributed by atoms with Crippen molar-refractivity contribution in [2.24, 2.45) is 0 Å². The van der Waals surface area contributed by atoms with Gasteiger partial charge >= 0.3 is 16.6 Å². The number of hydrogen-bond acceptors (Lipinski definition) is 3. The number of benzene rings is 2. The summed E-state index contributed by atoms with van der Waals surface area (Å²) in [4.78, 5) is 1.50. The van der Waals surface area contributed by atoms with Crippen LogP contribution < -0.4 is 9.21 Å². The molecule has 0 aromatic heterocycles. The second-order valence-corrected chi connectivity index (χ2v) is 6.55. The third-order valence-corrected chi connectivity index (χ3v) is 4.73. The smallest absolute Gasteiger partial charge is 0.348 e. The Bertz CT molecular complexity index is 866. The van der Waals surface area contributed by atoms with Gasteiger partial charge < -0.3 is 4.90 Å². The lowest BCUT2D eigenvalue weighted by Crippen LogP contribution is -2.35. The molecule has 1 atom stereocenters. The van der Waals surface area contributed by atoms with Gasteiger partial charge in [-0.1, -0.05) is 28.2 Å². The van der Waals surface area contributed by atoms with Crippen molar-refractivity contribution in [3.05, 3.63) is 59.7 Å². The number of hydrogen-bond donors (Lipinski definition) is 0. The van der Waals surface area contributed by atoms with Crippen LogP contribution >= 0.6 is 0 Å². The van der Waals surface area contributed by atoms with Crippen molar-refractivity contribution in [1.29, 1.82) is 0 Å². The first-order valence-electron chi connectivity index (χ1n) is 6.84. The Labute approximate surface area is 136 Å². The fraction of sp³-hybridized carbons (Fsp3) is 0.200. The van der Waals surface area contributed by atoms with Crippen LogP contribution in [0.5, 0.6) is 0 Å². The summed E-state index contributed by atoms with van der Waals surface area (Å²) < 4.78 is 75.6. The van der Waals surface area contributed by atoms with E-state index in [-0.39, 0.29) is 11.3 Å². The van der Waals surface area contributed by atoms with E-state index in [1.54, 1.807) is 25.2 Å². The fourth-order valence-corrected chi connectivity index (χ4v) is 3.70. The molecule has 24 heavy (non-hydrogen) atoms. The zero-order chi connectivity index (χ0) is 17.7. The van der Waals surface area contributed by atoms with E-state index in [1.807, 2.05) is 0 Å². The Morgan fingerprint density at radius 2 is 1.50 bits per heavy atom. The summed E-state index contributed by atoms with van der Waals surface area (Å²) in [6.45, 7) is 0. The van der Waals surface area contributed by atoms with Gasteiger partial charge in [-0.05, 0) is 29.8 Å². The molecule has 0 aliphatic carbocycles. The molecule has 1 heterocycles. The van der Waals surface area contributed by atoms with Gasteiger partial charge in [0.05, 0.1) is 16.9 Å². The van der Waals surface area contributed by atoms with E-state index in [4.69, 9.17) is 0 Å². The Morgan fingerprint density at radius 3 is 2.00 bits per heavy atom. The molecule has 128 valence electrons. The molecule has 3 rings (SSSR count). The average molecular weight is 360 g/mol. The van der Waals surface area contributed by atoms with Gasteiger partial charge in [0, 0.05) is 7.05 Å². The first kappa shape index (κ1) is 16.6. The molecule has 0 amide bonds. The maximum absolute atomic E-state index is 13.8. The van der Waals surface area contributed by atoms with Gasteiger partial charge in [-0.15, -0.1) is 0 Å². The first-order valence-corrected chi connectivity index (χ1v) is 8.18. The largest absolute Gasteiger partial charge is 0.416 e. The van der Waals surface area contributed by atoms with E-state index in [2.05, 4.69) is 0 Å². The fourth-order valence-electron chi connectivity index (χ4n) is 2.81. The van der Waals surface area contributed by atoms with Crippen LogP contribution in [0.4, 0.5) is 28.4 Å². The molecule has 4 nitrogen and oxygen atoms in total. The molecule has 0 saturated carbocycles. The van der Waals surface area contributed by atoms with E-state index in [0.29, 0.717) is 9.99 Å². The molecule has 0 saturated heterocycles. The van der Waals surface area contributed by atoms with Crippen LogP contribution in [0.3, 0.4) is 0 Å². The van der Waals surface area contributed by atoms with E-state index in [1.165, 1.54) is 11.0 Å². The standard InChI is InChI=1S/C15H12F4N2O2S/c1-20-12-4-2-3-5-13(12)21(24(19,22)23)14(20)10-6-8-11(9-7-10)15(16,17)18/h2-9,14H,1H3. The lowest BCUT2D eigenvalue weighted by Gasteiger charge is -2.28. The van der Waals surface area contributed by atoms with Crippen LogP contribution in [0, 0.1) is 0 Å². The molecule has 0 radical (unpaired) electrons. The van der Waals surface area contributed by atoms with Crippen molar-refractivity contribution in [3.63, 3.8) is 0 Å². The van der Waals surface area contributed by atoms with Gasteiger partial charge in [0.2, 0.25) is 0 Å². The summed E-state index contributed by atoms with van der Waals surface area (Å²) in [5.41, 5.74) is -0.0435. The number of anilines is 2. The Morgan fingerprint density at radius 1 is 0.958 bits per heavy atom. The maximum Gasteiger partial charge on any atom is 0.416 e. The van der Waals surface area contributed by atoms with Crippen LogP contribution in [0.2, 0.25) is 0 Å². The molecule has 2 aromatic rings. The van der Waals surface area contributed by atoms with E-state index < -0.39 is 28.3 Å². The maximum atomic E-state index is 13.8. The number of fused-ring (bicyclic) bond motifs is 1. The summed E-state index contributed by atoms with van der Waals surface area (Å²) in [6, 6.07) is 10.2. The Kier molecular flexibility index (Phi) is 3.71. The highest BCUT2D eigenvalue weighted by atomic mass is 32.3. The van der Waals surface area contributed by atoms with Gasteiger partial charge in [-0.2, -0.15) is 21.6 Å². The second kappa shape index (κ2) is 5.37. The predicted octanol–water partition coefficient (Wildman–Crippen LogP) is 3.87. The number of nitrogens with zero attached hydrogens (tertiary/aromatic N) is 2. The van der Waals surface area contributed by atoms with Crippen molar-refractivity contribution in [3.8, 4) is 0 Å². The normalized spacial score (nSPS) is 18.0. The first-order chi connectivity index (χ1) is 11.1.